The molecule has 232 valence electrons. The Labute approximate surface area is 274 Å². The molecule has 3 heterocycles. The maximum Gasteiger partial charge on any atom is 0.292 e. The second-order valence-corrected chi connectivity index (χ2v) is 18.2. The van der Waals surface area contributed by atoms with Crippen LogP contribution in [0.5, 0.6) is 0 Å². The molecule has 0 spiro atoms. The van der Waals surface area contributed by atoms with Gasteiger partial charge in [-0.25, -0.2) is 0 Å². The van der Waals surface area contributed by atoms with E-state index >= 15 is 0 Å². The van der Waals surface area contributed by atoms with Gasteiger partial charge in [0.05, 0.1) is 5.66 Å². The average Bonchev–Trinajstić information content (AvgIpc) is 3.45. The number of furan rings is 1. The molecule has 7 fully saturated rings. The average molecular weight is 604 g/mol. The second-order valence-electron chi connectivity index (χ2n) is 18.2. The molecule has 0 unspecified atom stereocenters. The lowest BCUT2D eigenvalue weighted by Crippen LogP contribution is -2.68. The molecule has 0 N–H and O–H groups in total. The summed E-state index contributed by atoms with van der Waals surface area (Å²) in [5.41, 5.74) is 16.8. The van der Waals surface area contributed by atoms with E-state index in [1.54, 1.807) is 22.1 Å². The molecule has 0 amide bonds. The fourth-order valence-electron chi connectivity index (χ4n) is 13.9. The maximum absolute atomic E-state index is 7.51. The zero-order valence-electron chi connectivity index (χ0n) is 27.8. The molecule has 2 aliphatic heterocycles. The summed E-state index contributed by atoms with van der Waals surface area (Å²) < 4.78 is 7.51. The highest BCUT2D eigenvalue weighted by atomic mass is 16.3. The minimum atomic E-state index is -0.118. The standard InChI is InChI=1S/C43H46BNO/c1-41(2)32-6-4-8-35-38(32)44(40-37(41)31-5-3-7-33(39(31)46-40)42-14-11-25(12-15-42)13-16-42)34-20-29-9-10-30(29)21-36(34)45(35)43-22-26-17-27(23-43)19-28(18-26)24-43/h3-8,20-21,25-28H,9-19,22-24H2,1-2H3. The van der Waals surface area contributed by atoms with E-state index in [1.807, 2.05) is 0 Å². The Morgan fingerprint density at radius 3 is 2.09 bits per heavy atom. The zero-order chi connectivity index (χ0) is 30.2. The third kappa shape index (κ3) is 3.05. The molecule has 3 aromatic carbocycles. The number of benzene rings is 3. The first-order chi connectivity index (χ1) is 22.4. The lowest BCUT2D eigenvalue weighted by atomic mass is 9.31. The predicted molar refractivity (Wildman–Crippen MR) is 189 cm³/mol. The summed E-state index contributed by atoms with van der Waals surface area (Å²) in [6.45, 7) is 5.19. The molecular weight excluding hydrogens is 557 g/mol. The van der Waals surface area contributed by atoms with Crippen LogP contribution in [0.15, 0.2) is 52.9 Å². The summed E-state index contributed by atoms with van der Waals surface area (Å²) in [5, 5.41) is 1.39. The minimum Gasteiger partial charge on any atom is -0.470 e. The lowest BCUT2D eigenvalue weighted by molar-refractivity contribution is 0.000619. The van der Waals surface area contributed by atoms with E-state index in [2.05, 4.69) is 67.3 Å². The largest absolute Gasteiger partial charge is 0.470 e. The Bertz CT molecular complexity index is 1960. The van der Waals surface area contributed by atoms with Crippen LogP contribution in [-0.2, 0) is 23.7 Å². The highest BCUT2D eigenvalue weighted by Gasteiger charge is 2.58. The quantitative estimate of drug-likeness (QED) is 0.214. The van der Waals surface area contributed by atoms with E-state index < -0.39 is 0 Å². The first-order valence-electron chi connectivity index (χ1n) is 19.1. The monoisotopic (exact) mass is 603 g/mol. The van der Waals surface area contributed by atoms with Crippen molar-refractivity contribution in [3.8, 4) is 0 Å². The van der Waals surface area contributed by atoms with E-state index in [4.69, 9.17) is 4.42 Å². The Morgan fingerprint density at radius 1 is 0.739 bits per heavy atom. The molecule has 14 rings (SSSR count). The second kappa shape index (κ2) is 8.37. The van der Waals surface area contributed by atoms with Crippen LogP contribution in [0.3, 0.4) is 0 Å². The van der Waals surface area contributed by atoms with Gasteiger partial charge in [-0.15, -0.1) is 0 Å². The molecule has 10 aliphatic rings. The fraction of sp³-hybridized carbons (Fsp3) is 0.535. The van der Waals surface area contributed by atoms with Crippen LogP contribution in [-0.4, -0.2) is 12.3 Å². The summed E-state index contributed by atoms with van der Waals surface area (Å²) in [5.74, 6) is 3.73. The molecule has 7 saturated carbocycles. The number of aryl methyl sites for hydroxylation is 2. The van der Waals surface area contributed by atoms with Gasteiger partial charge in [0.25, 0.3) is 6.71 Å². The molecule has 0 saturated heterocycles. The van der Waals surface area contributed by atoms with Crippen molar-refractivity contribution in [2.24, 2.45) is 23.7 Å². The summed E-state index contributed by atoms with van der Waals surface area (Å²) >= 11 is 0. The number of hydrogen-bond donors (Lipinski definition) is 0. The van der Waals surface area contributed by atoms with Gasteiger partial charge < -0.3 is 9.32 Å². The van der Waals surface area contributed by atoms with Crippen LogP contribution in [0.4, 0.5) is 11.4 Å². The third-order valence-corrected chi connectivity index (χ3v) is 15.6. The molecule has 0 radical (unpaired) electrons. The number of fused-ring (bicyclic) bond motifs is 10. The van der Waals surface area contributed by atoms with Crippen molar-refractivity contribution in [3.05, 3.63) is 76.3 Å². The van der Waals surface area contributed by atoms with Crippen LogP contribution in [0.25, 0.3) is 11.0 Å². The zero-order valence-corrected chi connectivity index (χ0v) is 27.8. The number of para-hydroxylation sites is 1. The highest BCUT2D eigenvalue weighted by Crippen LogP contribution is 2.61. The van der Waals surface area contributed by atoms with Gasteiger partial charge in [-0.1, -0.05) is 50.2 Å². The number of hydrogen-bond acceptors (Lipinski definition) is 2. The fourth-order valence-corrected chi connectivity index (χ4v) is 13.9. The number of nitrogens with zero attached hydrogens (tertiary/aromatic N) is 1. The van der Waals surface area contributed by atoms with Crippen molar-refractivity contribution in [1.29, 1.82) is 0 Å². The Hall–Kier alpha value is -2.94. The van der Waals surface area contributed by atoms with Gasteiger partial charge in [-0.3, -0.25) is 0 Å². The van der Waals surface area contributed by atoms with E-state index in [1.165, 1.54) is 135 Å². The molecule has 4 aromatic rings. The van der Waals surface area contributed by atoms with Crippen molar-refractivity contribution in [1.82, 2.24) is 0 Å². The topological polar surface area (TPSA) is 16.4 Å². The summed E-state index contributed by atoms with van der Waals surface area (Å²) in [6, 6.07) is 20.0. The molecule has 2 nitrogen and oxygen atoms in total. The Kier molecular flexibility index (Phi) is 4.74. The molecule has 6 bridgehead atoms. The van der Waals surface area contributed by atoms with Crippen LogP contribution >= 0.6 is 0 Å². The molecule has 1 aromatic heterocycles. The van der Waals surface area contributed by atoms with Gasteiger partial charge in [0, 0.05) is 38.8 Å². The van der Waals surface area contributed by atoms with Crippen molar-refractivity contribution in [3.63, 3.8) is 0 Å². The first-order valence-corrected chi connectivity index (χ1v) is 19.1. The van der Waals surface area contributed by atoms with Crippen LogP contribution in [0.1, 0.15) is 119 Å². The normalized spacial score (nSPS) is 35.1. The van der Waals surface area contributed by atoms with Crippen LogP contribution < -0.4 is 21.5 Å². The summed E-state index contributed by atoms with van der Waals surface area (Å²) in [7, 11) is 0. The third-order valence-electron chi connectivity index (χ3n) is 15.6. The van der Waals surface area contributed by atoms with Gasteiger partial charge in [0.15, 0.2) is 0 Å². The van der Waals surface area contributed by atoms with Gasteiger partial charge in [-0.05, 0) is 159 Å². The van der Waals surface area contributed by atoms with E-state index in [0.29, 0.717) is 5.41 Å². The van der Waals surface area contributed by atoms with Crippen LogP contribution in [0, 0.1) is 23.7 Å². The summed E-state index contributed by atoms with van der Waals surface area (Å²) in [4.78, 5) is 2.98. The van der Waals surface area contributed by atoms with Gasteiger partial charge in [0.1, 0.15) is 5.58 Å². The SMILES string of the molecule is CC1(C)c2cccc3c2B(c2cc4c(cc2N3C23CC5CC(CC(C5)C2)C3)CC4)c2oc3c(C45CCC(CC4)CC5)cccc3c21. The number of rotatable bonds is 2. The summed E-state index contributed by atoms with van der Waals surface area (Å²) in [6.07, 6.45) is 19.3. The first kappa shape index (κ1) is 26.1. The van der Waals surface area contributed by atoms with Crippen molar-refractivity contribution >= 4 is 45.6 Å². The molecule has 8 aliphatic carbocycles. The smallest absolute Gasteiger partial charge is 0.292 e. The highest BCUT2D eigenvalue weighted by molar-refractivity contribution is 6.98. The Balaban J connectivity index is 1.13. The minimum absolute atomic E-state index is 0.118. The van der Waals surface area contributed by atoms with Gasteiger partial charge >= 0.3 is 0 Å². The van der Waals surface area contributed by atoms with Crippen LogP contribution in [0.2, 0.25) is 0 Å². The molecule has 3 heteroatoms. The number of anilines is 2. The molecule has 0 atom stereocenters. The van der Waals surface area contributed by atoms with Gasteiger partial charge in [0.2, 0.25) is 0 Å². The predicted octanol–water partition coefficient (Wildman–Crippen LogP) is 8.33. The maximum atomic E-state index is 7.51. The van der Waals surface area contributed by atoms with E-state index in [9.17, 15) is 0 Å². The van der Waals surface area contributed by atoms with E-state index in [0.717, 1.165) is 23.7 Å². The Morgan fingerprint density at radius 2 is 1.39 bits per heavy atom. The van der Waals surface area contributed by atoms with E-state index in [-0.39, 0.29) is 17.7 Å². The van der Waals surface area contributed by atoms with Crippen molar-refractivity contribution < 1.29 is 4.42 Å². The van der Waals surface area contributed by atoms with Crippen molar-refractivity contribution in [2.45, 2.75) is 120 Å². The van der Waals surface area contributed by atoms with Gasteiger partial charge in [-0.2, -0.15) is 0 Å². The van der Waals surface area contributed by atoms with Crippen molar-refractivity contribution in [2.75, 3.05) is 4.90 Å². The lowest BCUT2D eigenvalue weighted by Gasteiger charge is -2.62. The molecular formula is C43H46BNO. The molecule has 46 heavy (non-hydrogen) atoms.